The topological polar surface area (TPSA) is 17.1 Å². The Kier molecular flexibility index (Phi) is 3.12. The van der Waals surface area contributed by atoms with Crippen LogP contribution in [0.3, 0.4) is 0 Å². The molecule has 0 atom stereocenters. The molecule has 0 aromatic heterocycles. The summed E-state index contributed by atoms with van der Waals surface area (Å²) in [7, 11) is 0. The fourth-order valence-electron chi connectivity index (χ4n) is 3.38. The Morgan fingerprint density at radius 3 is 2.28 bits per heavy atom. The Morgan fingerprint density at radius 2 is 1.72 bits per heavy atom. The number of benzene rings is 1. The van der Waals surface area contributed by atoms with E-state index in [0.29, 0.717) is 0 Å². The van der Waals surface area contributed by atoms with E-state index in [9.17, 15) is 4.79 Å². The monoisotopic (exact) mass is 244 g/mol. The molecule has 0 fully saturated rings. The van der Waals surface area contributed by atoms with Gasteiger partial charge in [0.1, 0.15) is 6.29 Å². The second kappa shape index (κ2) is 4.22. The highest BCUT2D eigenvalue weighted by atomic mass is 16.1. The van der Waals surface area contributed by atoms with Crippen molar-refractivity contribution in [2.24, 2.45) is 0 Å². The van der Waals surface area contributed by atoms with Gasteiger partial charge in [-0.1, -0.05) is 46.8 Å². The standard InChI is InChI=1S/C17H24O/c1-6-13-12(11-18)7-8-14-15(13)17(4,5)10-9-16(14,2)3/h7-8,11H,6,9-10H2,1-5H3. The lowest BCUT2D eigenvalue weighted by molar-refractivity contribution is 0.112. The first-order valence-electron chi connectivity index (χ1n) is 6.95. The van der Waals surface area contributed by atoms with Crippen molar-refractivity contribution in [2.75, 3.05) is 0 Å². The van der Waals surface area contributed by atoms with E-state index in [0.717, 1.165) is 18.3 Å². The van der Waals surface area contributed by atoms with Crippen LogP contribution in [0.1, 0.15) is 74.5 Å². The van der Waals surface area contributed by atoms with Crippen molar-refractivity contribution in [3.8, 4) is 0 Å². The molecule has 0 aliphatic heterocycles. The highest BCUT2D eigenvalue weighted by molar-refractivity contribution is 5.79. The van der Waals surface area contributed by atoms with Crippen molar-refractivity contribution in [1.82, 2.24) is 0 Å². The molecule has 1 aromatic rings. The van der Waals surface area contributed by atoms with Gasteiger partial charge in [0.2, 0.25) is 0 Å². The Bertz CT molecular complexity index is 481. The number of hydrogen-bond acceptors (Lipinski definition) is 1. The zero-order valence-corrected chi connectivity index (χ0v) is 12.3. The van der Waals surface area contributed by atoms with Crippen molar-refractivity contribution in [3.05, 3.63) is 34.4 Å². The molecule has 0 amide bonds. The van der Waals surface area contributed by atoms with Crippen LogP contribution < -0.4 is 0 Å². The molecule has 1 aromatic carbocycles. The van der Waals surface area contributed by atoms with E-state index in [1.54, 1.807) is 0 Å². The maximum absolute atomic E-state index is 11.2. The molecular formula is C17H24O. The molecule has 18 heavy (non-hydrogen) atoms. The molecule has 0 spiro atoms. The van der Waals surface area contributed by atoms with Gasteiger partial charge >= 0.3 is 0 Å². The Labute approximate surface area is 111 Å². The second-order valence-corrected chi connectivity index (χ2v) is 6.80. The molecule has 0 saturated carbocycles. The van der Waals surface area contributed by atoms with E-state index in [4.69, 9.17) is 0 Å². The zero-order chi connectivity index (χ0) is 13.6. The van der Waals surface area contributed by atoms with Crippen LogP contribution in [0, 0.1) is 0 Å². The second-order valence-electron chi connectivity index (χ2n) is 6.80. The molecular weight excluding hydrogens is 220 g/mol. The molecule has 2 rings (SSSR count). The number of rotatable bonds is 2. The number of carbonyl (C=O) groups excluding carboxylic acids is 1. The number of carbonyl (C=O) groups is 1. The van der Waals surface area contributed by atoms with Gasteiger partial charge in [-0.15, -0.1) is 0 Å². The summed E-state index contributed by atoms with van der Waals surface area (Å²) < 4.78 is 0. The highest BCUT2D eigenvalue weighted by Gasteiger charge is 2.38. The molecule has 1 heteroatoms. The third-order valence-corrected chi connectivity index (χ3v) is 4.61. The summed E-state index contributed by atoms with van der Waals surface area (Å²) in [5.74, 6) is 0. The first kappa shape index (κ1) is 13.3. The molecule has 1 nitrogen and oxygen atoms in total. The van der Waals surface area contributed by atoms with Crippen LogP contribution in [0.5, 0.6) is 0 Å². The van der Waals surface area contributed by atoms with E-state index in [1.165, 1.54) is 29.5 Å². The predicted molar refractivity (Wildman–Crippen MR) is 76.5 cm³/mol. The fourth-order valence-corrected chi connectivity index (χ4v) is 3.38. The van der Waals surface area contributed by atoms with Crippen LogP contribution in [0.15, 0.2) is 12.1 Å². The lowest BCUT2D eigenvalue weighted by Crippen LogP contribution is -2.35. The van der Waals surface area contributed by atoms with Gasteiger partial charge in [-0.2, -0.15) is 0 Å². The lowest BCUT2D eigenvalue weighted by atomic mass is 9.61. The maximum Gasteiger partial charge on any atom is 0.150 e. The van der Waals surface area contributed by atoms with E-state index in [-0.39, 0.29) is 10.8 Å². The Hall–Kier alpha value is -1.11. The third-order valence-electron chi connectivity index (χ3n) is 4.61. The molecule has 0 bridgehead atoms. The summed E-state index contributed by atoms with van der Waals surface area (Å²) >= 11 is 0. The zero-order valence-electron chi connectivity index (χ0n) is 12.3. The smallest absolute Gasteiger partial charge is 0.150 e. The van der Waals surface area contributed by atoms with Gasteiger partial charge in [0.15, 0.2) is 0 Å². The summed E-state index contributed by atoms with van der Waals surface area (Å²) in [4.78, 5) is 11.2. The largest absolute Gasteiger partial charge is 0.298 e. The SMILES string of the molecule is CCc1c(C=O)ccc2c1C(C)(C)CCC2(C)C. The minimum Gasteiger partial charge on any atom is -0.298 e. The highest BCUT2D eigenvalue weighted by Crippen LogP contribution is 2.47. The van der Waals surface area contributed by atoms with Crippen molar-refractivity contribution >= 4 is 6.29 Å². The molecule has 0 saturated heterocycles. The molecule has 0 unspecified atom stereocenters. The van der Waals surface area contributed by atoms with Gasteiger partial charge in [0, 0.05) is 5.56 Å². The van der Waals surface area contributed by atoms with Gasteiger partial charge in [0.05, 0.1) is 0 Å². The average molecular weight is 244 g/mol. The summed E-state index contributed by atoms with van der Waals surface area (Å²) in [6.07, 6.45) is 4.37. The molecule has 1 aliphatic rings. The fraction of sp³-hybridized carbons (Fsp3) is 0.588. The summed E-state index contributed by atoms with van der Waals surface area (Å²) in [6.45, 7) is 11.4. The van der Waals surface area contributed by atoms with E-state index < -0.39 is 0 Å². The van der Waals surface area contributed by atoms with Gasteiger partial charge < -0.3 is 0 Å². The summed E-state index contributed by atoms with van der Waals surface area (Å²) in [6, 6.07) is 4.19. The van der Waals surface area contributed by atoms with Crippen LogP contribution in [0.4, 0.5) is 0 Å². The Morgan fingerprint density at radius 1 is 1.11 bits per heavy atom. The molecule has 98 valence electrons. The Balaban J connectivity index is 2.79. The quantitative estimate of drug-likeness (QED) is 0.704. The van der Waals surface area contributed by atoms with Gasteiger partial charge in [-0.3, -0.25) is 4.79 Å². The average Bonchev–Trinajstić information content (AvgIpc) is 2.33. The number of aldehydes is 1. The van der Waals surface area contributed by atoms with Crippen LogP contribution in [0.25, 0.3) is 0 Å². The van der Waals surface area contributed by atoms with E-state index in [2.05, 4.69) is 40.7 Å². The minimum atomic E-state index is 0.190. The molecule has 1 aliphatic carbocycles. The number of hydrogen-bond donors (Lipinski definition) is 0. The summed E-state index contributed by atoms with van der Waals surface area (Å²) in [5, 5.41) is 0. The van der Waals surface area contributed by atoms with Gasteiger partial charge in [-0.05, 0) is 46.8 Å². The predicted octanol–water partition coefficient (Wildman–Crippen LogP) is 4.41. The third kappa shape index (κ3) is 1.90. The van der Waals surface area contributed by atoms with Crippen molar-refractivity contribution in [3.63, 3.8) is 0 Å². The van der Waals surface area contributed by atoms with Crippen LogP contribution in [0.2, 0.25) is 0 Å². The van der Waals surface area contributed by atoms with Crippen LogP contribution >= 0.6 is 0 Å². The van der Waals surface area contributed by atoms with E-state index >= 15 is 0 Å². The molecule has 0 N–H and O–H groups in total. The van der Waals surface area contributed by atoms with Crippen molar-refractivity contribution in [1.29, 1.82) is 0 Å². The minimum absolute atomic E-state index is 0.190. The molecule has 0 radical (unpaired) electrons. The van der Waals surface area contributed by atoms with Crippen LogP contribution in [-0.4, -0.2) is 6.29 Å². The normalized spacial score (nSPS) is 20.3. The lowest BCUT2D eigenvalue weighted by Gasteiger charge is -2.43. The van der Waals surface area contributed by atoms with E-state index in [1.807, 2.05) is 6.07 Å². The first-order valence-corrected chi connectivity index (χ1v) is 6.95. The maximum atomic E-state index is 11.2. The van der Waals surface area contributed by atoms with Crippen LogP contribution in [-0.2, 0) is 17.3 Å². The summed E-state index contributed by atoms with van der Waals surface area (Å²) in [5.41, 5.74) is 5.44. The van der Waals surface area contributed by atoms with Gasteiger partial charge in [-0.25, -0.2) is 0 Å². The first-order chi connectivity index (χ1) is 8.33. The molecule has 0 heterocycles. The van der Waals surface area contributed by atoms with Crippen molar-refractivity contribution < 1.29 is 4.79 Å². The van der Waals surface area contributed by atoms with Gasteiger partial charge in [0.25, 0.3) is 0 Å². The number of fused-ring (bicyclic) bond motifs is 1. The van der Waals surface area contributed by atoms with Crippen molar-refractivity contribution in [2.45, 2.75) is 64.7 Å².